The van der Waals surface area contributed by atoms with Crippen LogP contribution in [0.4, 0.5) is 23.7 Å². The third kappa shape index (κ3) is 4.34. The van der Waals surface area contributed by atoms with Gasteiger partial charge < -0.3 is 10.6 Å². The van der Waals surface area contributed by atoms with Gasteiger partial charge >= 0.3 is 6.03 Å². The van der Waals surface area contributed by atoms with E-state index in [4.69, 9.17) is 0 Å². The van der Waals surface area contributed by atoms with Crippen molar-refractivity contribution >= 4 is 22.6 Å². The molecular weight excluding hydrogens is 379 g/mol. The van der Waals surface area contributed by atoms with E-state index < -0.39 is 17.7 Å². The van der Waals surface area contributed by atoms with Gasteiger partial charge in [-0.15, -0.1) is 0 Å². The molecule has 0 spiro atoms. The van der Waals surface area contributed by atoms with Crippen LogP contribution in [-0.4, -0.2) is 17.1 Å². The summed E-state index contributed by atoms with van der Waals surface area (Å²) in [6.45, 7) is 0. The Morgan fingerprint density at radius 3 is 2.41 bits per heavy atom. The summed E-state index contributed by atoms with van der Waals surface area (Å²) < 4.78 is 40.3. The zero-order chi connectivity index (χ0) is 20.4. The number of nitrogens with zero attached hydrogens (tertiary/aromatic N) is 1. The van der Waals surface area contributed by atoms with Gasteiger partial charge in [-0.2, -0.15) is 0 Å². The highest BCUT2D eigenvalue weighted by Crippen LogP contribution is 2.36. The average Bonchev–Trinajstić information content (AvgIpc) is 2.70. The average molecular weight is 399 g/mol. The van der Waals surface area contributed by atoms with Gasteiger partial charge in [-0.05, 0) is 73.6 Å². The molecule has 0 atom stereocenters. The monoisotopic (exact) mass is 399 g/mol. The summed E-state index contributed by atoms with van der Waals surface area (Å²) in [7, 11) is 0. The number of fused-ring (bicyclic) bond motifs is 1. The maximum Gasteiger partial charge on any atom is 0.319 e. The number of benzene rings is 2. The number of halogens is 3. The van der Waals surface area contributed by atoms with Gasteiger partial charge in [0.1, 0.15) is 17.5 Å². The third-order valence-corrected chi connectivity index (χ3v) is 5.42. The second kappa shape index (κ2) is 8.11. The zero-order valence-electron chi connectivity index (χ0n) is 15.6. The van der Waals surface area contributed by atoms with Gasteiger partial charge in [0.15, 0.2) is 0 Å². The smallest absolute Gasteiger partial charge is 0.319 e. The van der Waals surface area contributed by atoms with Crippen LogP contribution in [0.25, 0.3) is 10.9 Å². The van der Waals surface area contributed by atoms with E-state index in [2.05, 4.69) is 15.6 Å². The van der Waals surface area contributed by atoms with Crippen LogP contribution in [-0.2, 0) is 0 Å². The molecule has 7 heteroatoms. The van der Waals surface area contributed by atoms with E-state index >= 15 is 0 Å². The second-order valence-corrected chi connectivity index (χ2v) is 7.33. The van der Waals surface area contributed by atoms with Crippen molar-refractivity contribution in [2.24, 2.45) is 0 Å². The molecule has 1 aliphatic carbocycles. The molecule has 29 heavy (non-hydrogen) atoms. The first-order valence-corrected chi connectivity index (χ1v) is 9.56. The summed E-state index contributed by atoms with van der Waals surface area (Å²) in [5.41, 5.74) is 1.78. The fourth-order valence-corrected chi connectivity index (χ4v) is 3.98. The van der Waals surface area contributed by atoms with Crippen molar-refractivity contribution < 1.29 is 18.0 Å². The van der Waals surface area contributed by atoms with E-state index in [1.807, 2.05) is 6.07 Å². The number of amides is 2. The Hall–Kier alpha value is -3.09. The predicted octanol–water partition coefficient (Wildman–Crippen LogP) is 5.50. The molecule has 0 radical (unpaired) electrons. The van der Waals surface area contributed by atoms with Crippen molar-refractivity contribution in [3.8, 4) is 0 Å². The summed E-state index contributed by atoms with van der Waals surface area (Å²) in [6, 6.07) is 8.98. The quantitative estimate of drug-likeness (QED) is 0.611. The molecule has 0 unspecified atom stereocenters. The topological polar surface area (TPSA) is 54.0 Å². The number of pyridine rings is 1. The predicted molar refractivity (Wildman–Crippen MR) is 105 cm³/mol. The molecular formula is C22H20F3N3O. The van der Waals surface area contributed by atoms with Crippen LogP contribution in [0.3, 0.4) is 0 Å². The lowest BCUT2D eigenvalue weighted by Crippen LogP contribution is -2.40. The Morgan fingerprint density at radius 1 is 0.931 bits per heavy atom. The Bertz CT molecular complexity index is 1050. The first-order valence-electron chi connectivity index (χ1n) is 9.56. The van der Waals surface area contributed by atoms with E-state index in [0.717, 1.165) is 54.3 Å². The molecule has 2 N–H and O–H groups in total. The van der Waals surface area contributed by atoms with Gasteiger partial charge in [-0.25, -0.2) is 18.0 Å². The molecule has 150 valence electrons. The lowest BCUT2D eigenvalue weighted by atomic mass is 9.80. The fraction of sp³-hybridized carbons (Fsp3) is 0.273. The molecule has 1 heterocycles. The first-order chi connectivity index (χ1) is 14.0. The molecule has 2 amide bonds. The molecule has 4 nitrogen and oxygen atoms in total. The molecule has 2 aromatic carbocycles. The lowest BCUT2D eigenvalue weighted by molar-refractivity contribution is 0.242. The van der Waals surface area contributed by atoms with E-state index in [0.29, 0.717) is 0 Å². The largest absolute Gasteiger partial charge is 0.335 e. The Kier molecular flexibility index (Phi) is 5.38. The lowest BCUT2D eigenvalue weighted by Gasteiger charge is -2.30. The number of rotatable bonds is 3. The van der Waals surface area contributed by atoms with Gasteiger partial charge in [-0.1, -0.05) is 0 Å². The van der Waals surface area contributed by atoms with E-state index in [1.165, 1.54) is 18.2 Å². The van der Waals surface area contributed by atoms with Crippen molar-refractivity contribution in [2.45, 2.75) is 37.6 Å². The summed E-state index contributed by atoms with van der Waals surface area (Å²) in [5.74, 6) is -1.54. The zero-order valence-corrected chi connectivity index (χ0v) is 15.6. The maximum absolute atomic E-state index is 13.7. The molecule has 4 rings (SSSR count). The van der Waals surface area contributed by atoms with Crippen LogP contribution in [0.2, 0.25) is 0 Å². The molecule has 1 fully saturated rings. The Balaban J connectivity index is 1.37. The van der Waals surface area contributed by atoms with Gasteiger partial charge in [0, 0.05) is 23.7 Å². The van der Waals surface area contributed by atoms with E-state index in [9.17, 15) is 18.0 Å². The molecule has 0 aliphatic heterocycles. The molecule has 1 aliphatic rings. The number of hydrogen-bond acceptors (Lipinski definition) is 2. The Morgan fingerprint density at radius 2 is 1.66 bits per heavy atom. The standard InChI is InChI=1S/C22H20F3N3O/c23-14-3-7-20-18(11-14)17(9-10-26-20)13-1-5-16(6-2-13)27-22(29)28-21-8-4-15(24)12-19(21)25/h3-4,7-13,16H,1-2,5-6H2,(H2,27,28,29)/t13-,16-. The number of aromatic nitrogens is 1. The minimum atomic E-state index is -0.819. The second-order valence-electron chi connectivity index (χ2n) is 7.33. The van der Waals surface area contributed by atoms with Crippen LogP contribution < -0.4 is 10.6 Å². The highest BCUT2D eigenvalue weighted by molar-refractivity contribution is 5.89. The minimum Gasteiger partial charge on any atom is -0.335 e. The van der Waals surface area contributed by atoms with Crippen molar-refractivity contribution in [1.29, 1.82) is 0 Å². The molecule has 1 saturated carbocycles. The Labute approximate surface area is 166 Å². The number of carbonyl (C=O) groups is 1. The van der Waals surface area contributed by atoms with Gasteiger partial charge in [-0.3, -0.25) is 4.98 Å². The van der Waals surface area contributed by atoms with Gasteiger partial charge in [0.05, 0.1) is 11.2 Å². The highest BCUT2D eigenvalue weighted by Gasteiger charge is 2.25. The van der Waals surface area contributed by atoms with Crippen molar-refractivity contribution in [3.05, 3.63) is 71.7 Å². The van der Waals surface area contributed by atoms with Crippen molar-refractivity contribution in [1.82, 2.24) is 10.3 Å². The molecule has 3 aromatic rings. The number of carbonyl (C=O) groups excluding carboxylic acids is 1. The SMILES string of the molecule is O=C(Nc1ccc(F)cc1F)N[C@H]1CC[C@H](c2ccnc3ccc(F)cc32)CC1. The number of urea groups is 1. The number of hydrogen-bond donors (Lipinski definition) is 2. The maximum atomic E-state index is 13.7. The normalized spacial score (nSPS) is 19.1. The minimum absolute atomic E-state index is 0.0420. The first kappa shape index (κ1) is 19.2. The number of nitrogens with one attached hydrogen (secondary N) is 2. The van der Waals surface area contributed by atoms with Gasteiger partial charge in [0.2, 0.25) is 0 Å². The van der Waals surface area contributed by atoms with E-state index in [-0.39, 0.29) is 23.5 Å². The van der Waals surface area contributed by atoms with Crippen LogP contribution >= 0.6 is 0 Å². The summed E-state index contributed by atoms with van der Waals surface area (Å²) >= 11 is 0. The summed E-state index contributed by atoms with van der Waals surface area (Å²) in [5, 5.41) is 6.09. The van der Waals surface area contributed by atoms with Crippen LogP contribution in [0.1, 0.15) is 37.2 Å². The van der Waals surface area contributed by atoms with Gasteiger partial charge in [0.25, 0.3) is 0 Å². The molecule has 0 bridgehead atoms. The van der Waals surface area contributed by atoms with Crippen LogP contribution in [0.5, 0.6) is 0 Å². The van der Waals surface area contributed by atoms with Crippen LogP contribution in [0, 0.1) is 17.5 Å². The third-order valence-electron chi connectivity index (χ3n) is 5.42. The number of anilines is 1. The fourth-order valence-electron chi connectivity index (χ4n) is 3.98. The summed E-state index contributed by atoms with van der Waals surface area (Å²) in [4.78, 5) is 16.4. The molecule has 1 aromatic heterocycles. The van der Waals surface area contributed by atoms with Crippen molar-refractivity contribution in [3.63, 3.8) is 0 Å². The highest BCUT2D eigenvalue weighted by atomic mass is 19.1. The van der Waals surface area contributed by atoms with Crippen LogP contribution in [0.15, 0.2) is 48.7 Å². The van der Waals surface area contributed by atoms with E-state index in [1.54, 1.807) is 12.3 Å². The summed E-state index contributed by atoms with van der Waals surface area (Å²) in [6.07, 6.45) is 4.92. The molecule has 0 saturated heterocycles. The van der Waals surface area contributed by atoms with Crippen molar-refractivity contribution in [2.75, 3.05) is 5.32 Å².